The van der Waals surface area contributed by atoms with E-state index in [1.165, 1.54) is 0 Å². The quantitative estimate of drug-likeness (QED) is 0.911. The molecular formula is C14H19ClN2O. The Morgan fingerprint density at radius 1 is 1.50 bits per heavy atom. The van der Waals surface area contributed by atoms with E-state index >= 15 is 0 Å². The van der Waals surface area contributed by atoms with Crippen LogP contribution in [0, 0.1) is 0 Å². The van der Waals surface area contributed by atoms with Crippen molar-refractivity contribution in [3.63, 3.8) is 0 Å². The molecule has 2 N–H and O–H groups in total. The van der Waals surface area contributed by atoms with Crippen LogP contribution in [-0.4, -0.2) is 23.9 Å². The van der Waals surface area contributed by atoms with Crippen molar-refractivity contribution in [3.05, 3.63) is 34.9 Å². The predicted octanol–water partition coefficient (Wildman–Crippen LogP) is 2.74. The summed E-state index contributed by atoms with van der Waals surface area (Å²) in [5.41, 5.74) is 6.59. The zero-order valence-electron chi connectivity index (χ0n) is 10.4. The first-order valence-corrected chi connectivity index (χ1v) is 6.85. The van der Waals surface area contributed by atoms with Gasteiger partial charge in [-0.15, -0.1) is 0 Å². The molecule has 3 nitrogen and oxygen atoms in total. The van der Waals surface area contributed by atoms with Crippen molar-refractivity contribution in [1.29, 1.82) is 0 Å². The lowest BCUT2D eigenvalue weighted by atomic mass is 10.0. The number of nitrogens with two attached hydrogens (primary N) is 1. The summed E-state index contributed by atoms with van der Waals surface area (Å²) in [6.45, 7) is 1.42. The number of nitrogens with zero attached hydrogens (tertiary/aromatic N) is 1. The number of amides is 1. The number of hydrogen-bond donors (Lipinski definition) is 1. The fourth-order valence-electron chi connectivity index (χ4n) is 2.52. The van der Waals surface area contributed by atoms with Gasteiger partial charge in [0, 0.05) is 18.0 Å². The summed E-state index contributed by atoms with van der Waals surface area (Å²) in [7, 11) is 0. The van der Waals surface area contributed by atoms with E-state index in [1.54, 1.807) is 0 Å². The number of rotatable bonds is 4. The van der Waals surface area contributed by atoms with E-state index in [1.807, 2.05) is 29.2 Å². The maximum Gasteiger partial charge on any atom is 0.223 e. The van der Waals surface area contributed by atoms with E-state index < -0.39 is 0 Å². The Morgan fingerprint density at radius 2 is 2.33 bits per heavy atom. The number of benzene rings is 1. The van der Waals surface area contributed by atoms with E-state index in [0.717, 1.165) is 36.4 Å². The molecule has 0 aromatic heterocycles. The molecule has 18 heavy (non-hydrogen) atoms. The van der Waals surface area contributed by atoms with E-state index in [4.69, 9.17) is 17.3 Å². The Morgan fingerprint density at radius 3 is 3.06 bits per heavy atom. The molecule has 1 saturated heterocycles. The summed E-state index contributed by atoms with van der Waals surface area (Å²) in [6, 6.07) is 8.00. The number of carbonyl (C=O) groups is 1. The minimum Gasteiger partial charge on any atom is -0.336 e. The lowest BCUT2D eigenvalue weighted by Crippen LogP contribution is -2.30. The van der Waals surface area contributed by atoms with Crippen molar-refractivity contribution >= 4 is 17.5 Å². The SMILES string of the molecule is NCCCC(=O)N1CCCC1c1cccc(Cl)c1. The van der Waals surface area contributed by atoms with Crippen LogP contribution in [0.25, 0.3) is 0 Å². The van der Waals surface area contributed by atoms with Crippen molar-refractivity contribution in [3.8, 4) is 0 Å². The van der Waals surface area contributed by atoms with Gasteiger partial charge in [0.15, 0.2) is 0 Å². The second-order valence-electron chi connectivity index (χ2n) is 4.69. The van der Waals surface area contributed by atoms with Gasteiger partial charge >= 0.3 is 0 Å². The van der Waals surface area contributed by atoms with Crippen LogP contribution >= 0.6 is 11.6 Å². The molecule has 0 aliphatic carbocycles. The molecule has 1 atom stereocenters. The third-order valence-corrected chi connectivity index (χ3v) is 3.64. The number of carbonyl (C=O) groups excluding carboxylic acids is 1. The molecule has 98 valence electrons. The standard InChI is InChI=1S/C14H19ClN2O/c15-12-5-1-4-11(10-12)13-6-3-9-17(13)14(18)7-2-8-16/h1,4-5,10,13H,2-3,6-9,16H2. The highest BCUT2D eigenvalue weighted by Crippen LogP contribution is 2.33. The zero-order valence-corrected chi connectivity index (χ0v) is 11.2. The normalized spacial score (nSPS) is 19.2. The highest BCUT2D eigenvalue weighted by molar-refractivity contribution is 6.30. The molecule has 4 heteroatoms. The minimum atomic E-state index is 0.189. The zero-order chi connectivity index (χ0) is 13.0. The average Bonchev–Trinajstić information content (AvgIpc) is 2.85. The molecule has 0 saturated carbocycles. The van der Waals surface area contributed by atoms with Gasteiger partial charge in [0.2, 0.25) is 5.91 Å². The first-order valence-electron chi connectivity index (χ1n) is 6.47. The van der Waals surface area contributed by atoms with Crippen molar-refractivity contribution in [2.45, 2.75) is 31.7 Å². The Labute approximate surface area is 113 Å². The maximum atomic E-state index is 12.1. The highest BCUT2D eigenvalue weighted by atomic mass is 35.5. The molecular weight excluding hydrogens is 248 g/mol. The van der Waals surface area contributed by atoms with E-state index in [2.05, 4.69) is 0 Å². The van der Waals surface area contributed by atoms with Crippen LogP contribution in [0.2, 0.25) is 5.02 Å². The molecule has 1 aliphatic heterocycles. The second kappa shape index (κ2) is 6.21. The molecule has 0 radical (unpaired) electrons. The van der Waals surface area contributed by atoms with Gasteiger partial charge in [-0.3, -0.25) is 4.79 Å². The van der Waals surface area contributed by atoms with E-state index in [9.17, 15) is 4.79 Å². The summed E-state index contributed by atoms with van der Waals surface area (Å²) >= 11 is 6.01. The van der Waals surface area contributed by atoms with Gasteiger partial charge in [0.05, 0.1) is 6.04 Å². The van der Waals surface area contributed by atoms with Gasteiger partial charge in [0.1, 0.15) is 0 Å². The van der Waals surface area contributed by atoms with Crippen molar-refractivity contribution < 1.29 is 4.79 Å². The van der Waals surface area contributed by atoms with Crippen LogP contribution in [0.3, 0.4) is 0 Å². The lowest BCUT2D eigenvalue weighted by molar-refractivity contribution is -0.132. The topological polar surface area (TPSA) is 46.3 Å². The Hall–Kier alpha value is -1.06. The highest BCUT2D eigenvalue weighted by Gasteiger charge is 2.29. The van der Waals surface area contributed by atoms with Crippen LogP contribution in [-0.2, 0) is 4.79 Å². The van der Waals surface area contributed by atoms with Crippen molar-refractivity contribution in [1.82, 2.24) is 4.90 Å². The molecule has 1 heterocycles. The fraction of sp³-hybridized carbons (Fsp3) is 0.500. The fourth-order valence-corrected chi connectivity index (χ4v) is 2.72. The monoisotopic (exact) mass is 266 g/mol. The number of likely N-dealkylation sites (tertiary alicyclic amines) is 1. The van der Waals surface area contributed by atoms with Crippen LogP contribution in [0.4, 0.5) is 0 Å². The third-order valence-electron chi connectivity index (χ3n) is 3.40. The van der Waals surface area contributed by atoms with Crippen LogP contribution in [0.15, 0.2) is 24.3 Å². The van der Waals surface area contributed by atoms with Gasteiger partial charge in [-0.1, -0.05) is 23.7 Å². The third kappa shape index (κ3) is 3.03. The first-order chi connectivity index (χ1) is 8.72. The maximum absolute atomic E-state index is 12.1. The molecule has 1 fully saturated rings. The van der Waals surface area contributed by atoms with Gasteiger partial charge in [-0.2, -0.15) is 0 Å². The summed E-state index contributed by atoms with van der Waals surface area (Å²) < 4.78 is 0. The Bertz CT molecular complexity index is 422. The van der Waals surface area contributed by atoms with E-state index in [0.29, 0.717) is 13.0 Å². The molecule has 1 aliphatic rings. The Balaban J connectivity index is 2.10. The van der Waals surface area contributed by atoms with Gasteiger partial charge < -0.3 is 10.6 Å². The van der Waals surface area contributed by atoms with Crippen LogP contribution in [0.1, 0.15) is 37.3 Å². The smallest absolute Gasteiger partial charge is 0.223 e. The van der Waals surface area contributed by atoms with Gasteiger partial charge in [0.25, 0.3) is 0 Å². The summed E-state index contributed by atoms with van der Waals surface area (Å²) in [5.74, 6) is 0.211. The number of halogens is 1. The molecule has 1 amide bonds. The summed E-state index contributed by atoms with van der Waals surface area (Å²) in [6.07, 6.45) is 3.39. The lowest BCUT2D eigenvalue weighted by Gasteiger charge is -2.25. The first kappa shape index (κ1) is 13.4. The molecule has 1 aromatic carbocycles. The molecule has 0 bridgehead atoms. The largest absolute Gasteiger partial charge is 0.336 e. The summed E-state index contributed by atoms with van der Waals surface area (Å²) in [5, 5.41) is 0.730. The average molecular weight is 267 g/mol. The van der Waals surface area contributed by atoms with Crippen molar-refractivity contribution in [2.24, 2.45) is 5.73 Å². The Kier molecular flexibility index (Phi) is 4.61. The predicted molar refractivity (Wildman–Crippen MR) is 73.4 cm³/mol. The van der Waals surface area contributed by atoms with Crippen LogP contribution in [0.5, 0.6) is 0 Å². The number of hydrogen-bond acceptors (Lipinski definition) is 2. The molecule has 1 unspecified atom stereocenters. The van der Waals surface area contributed by atoms with E-state index in [-0.39, 0.29) is 11.9 Å². The van der Waals surface area contributed by atoms with Gasteiger partial charge in [-0.25, -0.2) is 0 Å². The molecule has 1 aromatic rings. The second-order valence-corrected chi connectivity index (χ2v) is 5.13. The van der Waals surface area contributed by atoms with Gasteiger partial charge in [-0.05, 0) is 43.5 Å². The van der Waals surface area contributed by atoms with Crippen LogP contribution < -0.4 is 5.73 Å². The summed E-state index contributed by atoms with van der Waals surface area (Å²) in [4.78, 5) is 14.1. The molecule has 2 rings (SSSR count). The minimum absolute atomic E-state index is 0.189. The molecule has 0 spiro atoms. The van der Waals surface area contributed by atoms with Crippen molar-refractivity contribution in [2.75, 3.05) is 13.1 Å².